The highest BCUT2D eigenvalue weighted by atomic mass is 31.2. The molecule has 298 valence electrons. The molecule has 3 unspecified atom stereocenters. The molecule has 0 saturated carbocycles. The Kier molecular flexibility index (Phi) is 33.6. The Bertz CT molecular complexity index is 974. The number of carbonyl (C=O) groups excluding carboxylic acids is 2. The second-order valence-corrected chi connectivity index (χ2v) is 14.9. The van der Waals surface area contributed by atoms with Crippen LogP contribution < -0.4 is 5.32 Å². The van der Waals surface area contributed by atoms with Gasteiger partial charge in [-0.1, -0.05) is 141 Å². The third kappa shape index (κ3) is 34.8. The van der Waals surface area contributed by atoms with Gasteiger partial charge in [0.25, 0.3) is 0 Å². The van der Waals surface area contributed by atoms with Gasteiger partial charge in [0.1, 0.15) is 12.7 Å². The van der Waals surface area contributed by atoms with Crippen molar-refractivity contribution in [3.8, 4) is 0 Å². The first-order valence-electron chi connectivity index (χ1n) is 19.9. The third-order valence-corrected chi connectivity index (χ3v) is 9.44. The monoisotopic (exact) mass is 745 g/mol. The third-order valence-electron chi connectivity index (χ3n) is 8.49. The van der Waals surface area contributed by atoms with Gasteiger partial charge in [0.05, 0.1) is 13.2 Å². The zero-order chi connectivity index (χ0) is 37.8. The molecule has 0 heterocycles. The smallest absolute Gasteiger partial charge is 0.472 e. The van der Waals surface area contributed by atoms with Crippen LogP contribution in [0, 0.1) is 0 Å². The van der Waals surface area contributed by atoms with Gasteiger partial charge in [0.2, 0.25) is 5.91 Å². The average molecular weight is 746 g/mol. The van der Waals surface area contributed by atoms with Crippen LogP contribution in [0.1, 0.15) is 174 Å². The van der Waals surface area contributed by atoms with E-state index in [2.05, 4.69) is 36.5 Å². The number of carboxylic acids is 1. The number of esters is 1. The van der Waals surface area contributed by atoms with Crippen molar-refractivity contribution in [2.24, 2.45) is 0 Å². The molecule has 12 heteroatoms. The van der Waals surface area contributed by atoms with Gasteiger partial charge in [-0.2, -0.15) is 0 Å². The summed E-state index contributed by atoms with van der Waals surface area (Å²) in [4.78, 5) is 45.2. The molecule has 0 spiro atoms. The summed E-state index contributed by atoms with van der Waals surface area (Å²) < 4.78 is 26.5. The van der Waals surface area contributed by atoms with Crippen LogP contribution in [0.4, 0.5) is 0 Å². The number of aliphatic hydroxyl groups excluding tert-OH is 1. The number of rotatable bonds is 37. The van der Waals surface area contributed by atoms with E-state index in [1.54, 1.807) is 0 Å². The van der Waals surface area contributed by atoms with Crippen molar-refractivity contribution in [2.75, 3.05) is 19.8 Å². The van der Waals surface area contributed by atoms with E-state index >= 15 is 0 Å². The Morgan fingerprint density at radius 1 is 0.627 bits per heavy atom. The number of aliphatic hydroxyl groups is 1. The normalized spacial score (nSPS) is 14.1. The van der Waals surface area contributed by atoms with Gasteiger partial charge >= 0.3 is 19.8 Å². The van der Waals surface area contributed by atoms with Crippen LogP contribution in [0.5, 0.6) is 0 Å². The number of phosphoric ester groups is 1. The molecule has 0 aromatic heterocycles. The highest BCUT2D eigenvalue weighted by Gasteiger charge is 2.28. The molecule has 0 aromatic carbocycles. The van der Waals surface area contributed by atoms with Crippen LogP contribution in [-0.4, -0.2) is 64.9 Å². The van der Waals surface area contributed by atoms with Gasteiger partial charge in [-0.3, -0.25) is 18.6 Å². The van der Waals surface area contributed by atoms with E-state index in [0.717, 1.165) is 44.9 Å². The summed E-state index contributed by atoms with van der Waals surface area (Å²) in [5.41, 5.74) is 0. The Morgan fingerprint density at radius 3 is 1.63 bits per heavy atom. The summed E-state index contributed by atoms with van der Waals surface area (Å²) in [6.45, 7) is 2.38. The standard InChI is InChI=1S/C39H72NO10P/c1-3-5-7-9-10-11-12-13-14-15-16-17-18-19-20-21-22-23-24-25-26-27-29-31-38(43)48-32-35(41)33-49-51(46,47)50-34-36(39(44)45)40-37(42)30-28-8-6-4-2/h10-11,13-14,35-36,41H,3-9,12,15-34H2,1-2H3,(H,40,42)(H,44,45)(H,46,47)/b11-10-,14-13-. The van der Waals surface area contributed by atoms with E-state index in [9.17, 15) is 34.1 Å². The molecule has 0 aliphatic rings. The van der Waals surface area contributed by atoms with E-state index in [4.69, 9.17) is 13.8 Å². The summed E-state index contributed by atoms with van der Waals surface area (Å²) in [7, 11) is -4.73. The molecule has 11 nitrogen and oxygen atoms in total. The predicted octanol–water partition coefficient (Wildman–Crippen LogP) is 9.50. The molecule has 0 aromatic rings. The van der Waals surface area contributed by atoms with Crippen molar-refractivity contribution in [3.63, 3.8) is 0 Å². The highest BCUT2D eigenvalue weighted by molar-refractivity contribution is 7.47. The van der Waals surface area contributed by atoms with E-state index in [1.807, 2.05) is 6.92 Å². The number of ether oxygens (including phenoxy) is 1. The molecule has 0 saturated heterocycles. The lowest BCUT2D eigenvalue weighted by Crippen LogP contribution is -2.43. The number of carboxylic acid groups (broad SMARTS) is 1. The number of hydrogen-bond acceptors (Lipinski definition) is 8. The first-order valence-corrected chi connectivity index (χ1v) is 21.4. The summed E-state index contributed by atoms with van der Waals surface area (Å²) in [5, 5.41) is 21.5. The van der Waals surface area contributed by atoms with Gasteiger partial charge in [-0.15, -0.1) is 0 Å². The maximum absolute atomic E-state index is 12.1. The Morgan fingerprint density at radius 2 is 1.08 bits per heavy atom. The number of aliphatic carboxylic acids is 1. The van der Waals surface area contributed by atoms with Crippen molar-refractivity contribution in [1.82, 2.24) is 5.32 Å². The van der Waals surface area contributed by atoms with Gasteiger partial charge in [-0.25, -0.2) is 9.36 Å². The second-order valence-electron chi connectivity index (χ2n) is 13.5. The van der Waals surface area contributed by atoms with Crippen LogP contribution >= 0.6 is 7.82 Å². The first-order chi connectivity index (χ1) is 24.6. The molecule has 3 atom stereocenters. The van der Waals surface area contributed by atoms with Crippen molar-refractivity contribution < 1.29 is 47.8 Å². The number of phosphoric acid groups is 1. The second kappa shape index (κ2) is 35.0. The topological polar surface area (TPSA) is 169 Å². The fourth-order valence-corrected chi connectivity index (χ4v) is 6.12. The maximum Gasteiger partial charge on any atom is 0.472 e. The molecule has 0 fully saturated rings. The van der Waals surface area contributed by atoms with Crippen LogP contribution in [0.25, 0.3) is 0 Å². The summed E-state index contributed by atoms with van der Waals surface area (Å²) >= 11 is 0. The van der Waals surface area contributed by atoms with Crippen LogP contribution in [0.15, 0.2) is 24.3 Å². The molecule has 0 aliphatic carbocycles. The Balaban J connectivity index is 3.72. The number of allylic oxidation sites excluding steroid dienone is 4. The lowest BCUT2D eigenvalue weighted by molar-refractivity contribution is -0.147. The van der Waals surface area contributed by atoms with Crippen LogP contribution in [-0.2, 0) is 32.7 Å². The quantitative estimate of drug-likeness (QED) is 0.0208. The average Bonchev–Trinajstić information content (AvgIpc) is 3.10. The SMILES string of the molecule is CCCCC/C=C\C/C=C\CCCCCCCCCCCCCCCC(=O)OCC(O)COP(=O)(O)OCC(NC(=O)CCCCCC)C(=O)O. The lowest BCUT2D eigenvalue weighted by atomic mass is 10.0. The summed E-state index contributed by atoms with van der Waals surface area (Å²) in [5.74, 6) is -2.40. The molecular formula is C39H72NO10P. The van der Waals surface area contributed by atoms with E-state index in [0.29, 0.717) is 12.8 Å². The Labute approximate surface area is 309 Å². The largest absolute Gasteiger partial charge is 0.480 e. The van der Waals surface area contributed by atoms with E-state index in [-0.39, 0.29) is 12.8 Å². The minimum absolute atomic E-state index is 0.138. The van der Waals surface area contributed by atoms with Crippen molar-refractivity contribution >= 4 is 25.7 Å². The lowest BCUT2D eigenvalue weighted by Gasteiger charge is -2.18. The van der Waals surface area contributed by atoms with Crippen molar-refractivity contribution in [2.45, 2.75) is 187 Å². The zero-order valence-electron chi connectivity index (χ0n) is 31.9. The molecule has 0 radical (unpaired) electrons. The molecule has 51 heavy (non-hydrogen) atoms. The molecule has 1 amide bonds. The summed E-state index contributed by atoms with van der Waals surface area (Å²) in [6, 6.07) is -1.54. The Hall–Kier alpha value is -2.04. The summed E-state index contributed by atoms with van der Waals surface area (Å²) in [6.07, 6.45) is 34.5. The fourth-order valence-electron chi connectivity index (χ4n) is 5.34. The van der Waals surface area contributed by atoms with Gasteiger partial charge in [0.15, 0.2) is 6.04 Å². The van der Waals surface area contributed by atoms with Gasteiger partial charge in [-0.05, 0) is 44.9 Å². The number of unbranched alkanes of at least 4 members (excludes halogenated alkanes) is 19. The minimum Gasteiger partial charge on any atom is -0.480 e. The number of hydrogen-bond donors (Lipinski definition) is 4. The molecular weight excluding hydrogens is 673 g/mol. The van der Waals surface area contributed by atoms with Gasteiger partial charge < -0.3 is 25.2 Å². The fraction of sp³-hybridized carbons (Fsp3) is 0.821. The minimum atomic E-state index is -4.73. The van der Waals surface area contributed by atoms with Crippen LogP contribution in [0.3, 0.4) is 0 Å². The first kappa shape index (κ1) is 49.0. The highest BCUT2D eigenvalue weighted by Crippen LogP contribution is 2.43. The van der Waals surface area contributed by atoms with Gasteiger partial charge in [0, 0.05) is 12.8 Å². The van der Waals surface area contributed by atoms with E-state index < -0.39 is 57.6 Å². The van der Waals surface area contributed by atoms with Crippen LogP contribution in [0.2, 0.25) is 0 Å². The number of carbonyl (C=O) groups is 3. The number of amides is 1. The van der Waals surface area contributed by atoms with Crippen molar-refractivity contribution in [3.05, 3.63) is 24.3 Å². The molecule has 0 bridgehead atoms. The van der Waals surface area contributed by atoms with Crippen molar-refractivity contribution in [1.29, 1.82) is 0 Å². The molecule has 0 aliphatic heterocycles. The maximum atomic E-state index is 12.1. The number of nitrogens with one attached hydrogen (secondary N) is 1. The predicted molar refractivity (Wildman–Crippen MR) is 203 cm³/mol. The van der Waals surface area contributed by atoms with E-state index in [1.165, 1.54) is 89.9 Å². The molecule has 0 rings (SSSR count). The zero-order valence-corrected chi connectivity index (χ0v) is 32.8. The molecule has 4 N–H and O–H groups in total.